The number of nitrogens with zero attached hydrogens (tertiary/aromatic N) is 1. The highest BCUT2D eigenvalue weighted by molar-refractivity contribution is 5.93. The number of unbranched alkanes of at least 4 members (excludes halogenated alkanes) is 1. The third-order valence-electron chi connectivity index (χ3n) is 5.04. The van der Waals surface area contributed by atoms with Crippen LogP contribution in [0.3, 0.4) is 0 Å². The molecule has 4 N–H and O–H groups in total. The van der Waals surface area contributed by atoms with Crippen molar-refractivity contribution in [2.45, 2.75) is 78.2 Å². The van der Waals surface area contributed by atoms with Crippen molar-refractivity contribution in [1.82, 2.24) is 5.32 Å². The van der Waals surface area contributed by atoms with Crippen molar-refractivity contribution in [2.75, 3.05) is 5.32 Å². The van der Waals surface area contributed by atoms with Gasteiger partial charge in [0.15, 0.2) is 0 Å². The number of carbonyl (C=O) groups excluding carboxylic acids is 2. The van der Waals surface area contributed by atoms with Gasteiger partial charge in [0.2, 0.25) is 11.8 Å². The number of carbonyl (C=O) groups is 2. The average molecular weight is 389 g/mol. The van der Waals surface area contributed by atoms with Crippen molar-refractivity contribution in [2.24, 2.45) is 16.9 Å². The second kappa shape index (κ2) is 13.7. The van der Waals surface area contributed by atoms with Crippen LogP contribution in [-0.4, -0.2) is 24.1 Å². The van der Waals surface area contributed by atoms with Crippen molar-refractivity contribution in [1.29, 1.82) is 0 Å². The highest BCUT2D eigenvalue weighted by atomic mass is 16.2. The summed E-state index contributed by atoms with van der Waals surface area (Å²) < 4.78 is 0. The van der Waals surface area contributed by atoms with E-state index < -0.39 is 0 Å². The first-order valence-corrected chi connectivity index (χ1v) is 10.4. The molecule has 1 aromatic rings. The summed E-state index contributed by atoms with van der Waals surface area (Å²) in [6.07, 6.45) is 8.42. The maximum Gasteiger partial charge on any atom is 0.224 e. The summed E-state index contributed by atoms with van der Waals surface area (Å²) in [6, 6.07) is 7.40. The molecule has 0 spiro atoms. The van der Waals surface area contributed by atoms with Gasteiger partial charge in [0.05, 0.1) is 6.21 Å². The SMILES string of the molecule is CCCCC(CC(CC)CC)NC(=O)CCC(=O)Nc1ccc(C=NN)cc1. The molecule has 0 fully saturated rings. The van der Waals surface area contributed by atoms with Gasteiger partial charge in [0.1, 0.15) is 0 Å². The molecule has 0 aliphatic rings. The minimum absolute atomic E-state index is 0.0447. The Bertz CT molecular complexity index is 609. The number of nitrogens with two attached hydrogens (primary N) is 1. The van der Waals surface area contributed by atoms with Gasteiger partial charge in [0, 0.05) is 24.6 Å². The van der Waals surface area contributed by atoms with Crippen LogP contribution in [0.2, 0.25) is 0 Å². The predicted octanol–water partition coefficient (Wildman–Crippen LogP) is 4.20. The average Bonchev–Trinajstić information content (AvgIpc) is 2.70. The molecule has 1 rings (SSSR count). The second-order valence-electron chi connectivity index (χ2n) is 7.27. The van der Waals surface area contributed by atoms with Gasteiger partial charge in [-0.3, -0.25) is 9.59 Å². The monoisotopic (exact) mass is 388 g/mol. The van der Waals surface area contributed by atoms with E-state index in [2.05, 4.69) is 36.5 Å². The van der Waals surface area contributed by atoms with E-state index in [0.717, 1.165) is 44.1 Å². The zero-order valence-corrected chi connectivity index (χ0v) is 17.5. The molecule has 0 aliphatic carbocycles. The number of hydrogen-bond donors (Lipinski definition) is 3. The van der Waals surface area contributed by atoms with E-state index >= 15 is 0 Å². The van der Waals surface area contributed by atoms with Gasteiger partial charge in [-0.15, -0.1) is 0 Å². The van der Waals surface area contributed by atoms with Crippen LogP contribution in [0.1, 0.15) is 77.7 Å². The molecule has 28 heavy (non-hydrogen) atoms. The van der Waals surface area contributed by atoms with Crippen LogP contribution in [0.4, 0.5) is 5.69 Å². The maximum absolute atomic E-state index is 12.3. The van der Waals surface area contributed by atoms with Gasteiger partial charge in [-0.2, -0.15) is 5.10 Å². The molecule has 0 aromatic heterocycles. The van der Waals surface area contributed by atoms with Crippen LogP contribution in [-0.2, 0) is 9.59 Å². The van der Waals surface area contributed by atoms with Crippen LogP contribution in [0, 0.1) is 5.92 Å². The Morgan fingerprint density at radius 2 is 1.71 bits per heavy atom. The number of amides is 2. The fourth-order valence-corrected chi connectivity index (χ4v) is 3.21. The number of hydrogen-bond acceptors (Lipinski definition) is 4. The summed E-state index contributed by atoms with van der Waals surface area (Å²) in [4.78, 5) is 24.4. The molecule has 0 aliphatic heterocycles. The quantitative estimate of drug-likeness (QED) is 0.268. The predicted molar refractivity (Wildman–Crippen MR) is 116 cm³/mol. The number of hydrazone groups is 1. The zero-order valence-electron chi connectivity index (χ0n) is 17.5. The number of nitrogens with one attached hydrogen (secondary N) is 2. The Morgan fingerprint density at radius 1 is 1.07 bits per heavy atom. The van der Waals surface area contributed by atoms with Gasteiger partial charge in [-0.1, -0.05) is 58.6 Å². The third-order valence-corrected chi connectivity index (χ3v) is 5.04. The van der Waals surface area contributed by atoms with E-state index in [1.165, 1.54) is 6.21 Å². The Morgan fingerprint density at radius 3 is 2.29 bits per heavy atom. The van der Waals surface area contributed by atoms with E-state index in [1.54, 1.807) is 12.1 Å². The molecule has 6 nitrogen and oxygen atoms in total. The van der Waals surface area contributed by atoms with E-state index in [0.29, 0.717) is 11.6 Å². The highest BCUT2D eigenvalue weighted by Gasteiger charge is 2.17. The molecule has 1 atom stereocenters. The summed E-state index contributed by atoms with van der Waals surface area (Å²) in [7, 11) is 0. The van der Waals surface area contributed by atoms with Gasteiger partial charge in [-0.05, 0) is 36.5 Å². The van der Waals surface area contributed by atoms with Gasteiger partial charge in [-0.25, -0.2) is 0 Å². The number of rotatable bonds is 13. The van der Waals surface area contributed by atoms with Crippen LogP contribution >= 0.6 is 0 Å². The summed E-state index contributed by atoms with van der Waals surface area (Å²) in [5.74, 6) is 5.54. The van der Waals surface area contributed by atoms with Crippen molar-refractivity contribution >= 4 is 23.7 Å². The third kappa shape index (κ3) is 9.53. The highest BCUT2D eigenvalue weighted by Crippen LogP contribution is 2.18. The van der Waals surface area contributed by atoms with E-state index in [-0.39, 0.29) is 30.7 Å². The summed E-state index contributed by atoms with van der Waals surface area (Å²) in [6.45, 7) is 6.56. The van der Waals surface area contributed by atoms with Crippen LogP contribution in [0.25, 0.3) is 0 Å². The lowest BCUT2D eigenvalue weighted by molar-refractivity contribution is -0.125. The number of anilines is 1. The molecular formula is C22H36N4O2. The molecule has 156 valence electrons. The fraction of sp³-hybridized carbons (Fsp3) is 0.591. The zero-order chi connectivity index (χ0) is 20.8. The first-order valence-electron chi connectivity index (χ1n) is 10.4. The summed E-state index contributed by atoms with van der Waals surface area (Å²) >= 11 is 0. The Labute approximate surface area is 169 Å². The lowest BCUT2D eigenvalue weighted by atomic mass is 9.92. The minimum atomic E-state index is -0.166. The molecule has 0 radical (unpaired) electrons. The fourth-order valence-electron chi connectivity index (χ4n) is 3.21. The molecule has 2 amide bonds. The smallest absolute Gasteiger partial charge is 0.224 e. The molecule has 0 heterocycles. The molecule has 0 bridgehead atoms. The van der Waals surface area contributed by atoms with Crippen molar-refractivity contribution < 1.29 is 9.59 Å². The topological polar surface area (TPSA) is 96.6 Å². The summed E-state index contributed by atoms with van der Waals surface area (Å²) in [5, 5.41) is 9.42. The normalized spacial score (nSPS) is 12.3. The van der Waals surface area contributed by atoms with Gasteiger partial charge < -0.3 is 16.5 Å². The van der Waals surface area contributed by atoms with Crippen LogP contribution in [0.15, 0.2) is 29.4 Å². The lowest BCUT2D eigenvalue weighted by Gasteiger charge is -2.23. The van der Waals surface area contributed by atoms with E-state index in [9.17, 15) is 9.59 Å². The second-order valence-corrected chi connectivity index (χ2v) is 7.27. The maximum atomic E-state index is 12.3. The molecule has 6 heteroatoms. The number of benzene rings is 1. The first kappa shape index (κ1) is 23.7. The van der Waals surface area contributed by atoms with Gasteiger partial charge in [0.25, 0.3) is 0 Å². The standard InChI is InChI=1S/C22H36N4O2/c1-4-7-8-20(15-17(5-2)6-3)26-22(28)14-13-21(27)25-19-11-9-18(10-12-19)16-24-23/h9-12,16-17,20H,4-8,13-15,23H2,1-3H3,(H,25,27)(H,26,28). The van der Waals surface area contributed by atoms with Crippen LogP contribution < -0.4 is 16.5 Å². The van der Waals surface area contributed by atoms with E-state index in [4.69, 9.17) is 5.84 Å². The Balaban J connectivity index is 2.45. The molecule has 1 unspecified atom stereocenters. The molecule has 0 saturated heterocycles. The lowest BCUT2D eigenvalue weighted by Crippen LogP contribution is -2.36. The molecule has 0 saturated carbocycles. The van der Waals surface area contributed by atoms with Crippen molar-refractivity contribution in [3.63, 3.8) is 0 Å². The molecule has 1 aromatic carbocycles. The molecular weight excluding hydrogens is 352 g/mol. The van der Waals surface area contributed by atoms with Crippen molar-refractivity contribution in [3.05, 3.63) is 29.8 Å². The Hall–Kier alpha value is -2.37. The van der Waals surface area contributed by atoms with Crippen molar-refractivity contribution in [3.8, 4) is 0 Å². The van der Waals surface area contributed by atoms with E-state index in [1.807, 2.05) is 12.1 Å². The largest absolute Gasteiger partial charge is 0.353 e. The Kier molecular flexibility index (Phi) is 11.6. The minimum Gasteiger partial charge on any atom is -0.353 e. The van der Waals surface area contributed by atoms with Crippen LogP contribution in [0.5, 0.6) is 0 Å². The first-order chi connectivity index (χ1) is 13.5. The summed E-state index contributed by atoms with van der Waals surface area (Å²) in [5.41, 5.74) is 1.55. The van der Waals surface area contributed by atoms with Gasteiger partial charge >= 0.3 is 0 Å².